The van der Waals surface area contributed by atoms with Crippen molar-refractivity contribution in [3.8, 4) is 11.1 Å². The van der Waals surface area contributed by atoms with Crippen molar-refractivity contribution in [1.82, 2.24) is 0 Å². The Morgan fingerprint density at radius 1 is 0.800 bits per heavy atom. The molecule has 2 heteroatoms. The average Bonchev–Trinajstić information content (AvgIpc) is 2.71. The van der Waals surface area contributed by atoms with Crippen molar-refractivity contribution in [1.29, 1.82) is 0 Å². The van der Waals surface area contributed by atoms with Crippen LogP contribution < -0.4 is 11.5 Å². The van der Waals surface area contributed by atoms with E-state index in [0.717, 1.165) is 28.9 Å². The Balaban J connectivity index is 1.82. The Kier molecular flexibility index (Phi) is 5.26. The third-order valence-corrected chi connectivity index (χ3v) is 6.29. The molecule has 0 radical (unpaired) electrons. The van der Waals surface area contributed by atoms with Gasteiger partial charge in [-0.05, 0) is 73.6 Å². The van der Waals surface area contributed by atoms with E-state index in [2.05, 4.69) is 82.3 Å². The molecule has 30 heavy (non-hydrogen) atoms. The van der Waals surface area contributed by atoms with Gasteiger partial charge in [0.05, 0.1) is 0 Å². The van der Waals surface area contributed by atoms with Crippen LogP contribution in [0.5, 0.6) is 0 Å². The van der Waals surface area contributed by atoms with Gasteiger partial charge in [0.25, 0.3) is 0 Å². The van der Waals surface area contributed by atoms with E-state index in [9.17, 15) is 0 Å². The number of hydrogen-bond acceptors (Lipinski definition) is 2. The summed E-state index contributed by atoms with van der Waals surface area (Å²) in [7, 11) is 0. The number of nitrogens with two attached hydrogens (primary N) is 2. The first-order valence-corrected chi connectivity index (χ1v) is 10.6. The van der Waals surface area contributed by atoms with Crippen molar-refractivity contribution in [2.24, 2.45) is 5.73 Å². The van der Waals surface area contributed by atoms with Crippen LogP contribution in [-0.2, 0) is 0 Å². The molecule has 0 fully saturated rings. The zero-order valence-corrected chi connectivity index (χ0v) is 18.3. The second-order valence-electron chi connectivity index (χ2n) is 8.46. The molecule has 4 N–H and O–H groups in total. The Bertz CT molecular complexity index is 1180. The summed E-state index contributed by atoms with van der Waals surface area (Å²) in [5.41, 5.74) is 25.6. The third kappa shape index (κ3) is 3.54. The Hall–Kier alpha value is -3.26. The van der Waals surface area contributed by atoms with E-state index in [0.29, 0.717) is 0 Å². The van der Waals surface area contributed by atoms with Gasteiger partial charge < -0.3 is 11.5 Å². The number of nitrogen functional groups attached to an aromatic ring is 1. The minimum absolute atomic E-state index is 0.289. The van der Waals surface area contributed by atoms with Crippen LogP contribution in [0.2, 0.25) is 0 Å². The molecular weight excluding hydrogens is 364 g/mol. The van der Waals surface area contributed by atoms with Gasteiger partial charge in [-0.3, -0.25) is 0 Å². The highest BCUT2D eigenvalue weighted by Crippen LogP contribution is 2.40. The van der Waals surface area contributed by atoms with Crippen molar-refractivity contribution in [2.45, 2.75) is 40.0 Å². The molecule has 152 valence electrons. The predicted octanol–water partition coefficient (Wildman–Crippen LogP) is 6.58. The Morgan fingerprint density at radius 3 is 2.30 bits per heavy atom. The number of hydrogen-bond donors (Lipinski definition) is 2. The van der Waals surface area contributed by atoms with Crippen molar-refractivity contribution in [3.05, 3.63) is 106 Å². The molecule has 0 spiro atoms. The summed E-state index contributed by atoms with van der Waals surface area (Å²) in [5, 5.41) is 0. The van der Waals surface area contributed by atoms with Crippen LogP contribution in [0.15, 0.2) is 72.4 Å². The molecule has 0 bridgehead atoms. The first kappa shape index (κ1) is 20.0. The lowest BCUT2D eigenvalue weighted by molar-refractivity contribution is 0.839. The fraction of sp³-hybridized carbons (Fsp3) is 0.214. The molecule has 3 aromatic carbocycles. The second kappa shape index (κ2) is 7.87. The van der Waals surface area contributed by atoms with Gasteiger partial charge in [0, 0.05) is 28.4 Å². The molecule has 1 aliphatic carbocycles. The van der Waals surface area contributed by atoms with Gasteiger partial charge in [0.15, 0.2) is 0 Å². The van der Waals surface area contributed by atoms with E-state index in [1.165, 1.54) is 38.9 Å². The average molecular weight is 395 g/mol. The lowest BCUT2D eigenvalue weighted by Crippen LogP contribution is -2.11. The third-order valence-electron chi connectivity index (χ3n) is 6.29. The van der Waals surface area contributed by atoms with Gasteiger partial charge in [-0.25, -0.2) is 0 Å². The maximum Gasteiger partial charge on any atom is 0.0393 e. The molecule has 0 amide bonds. The lowest BCUT2D eigenvalue weighted by atomic mass is 9.80. The molecule has 4 rings (SSSR count). The Morgan fingerprint density at radius 2 is 1.57 bits per heavy atom. The van der Waals surface area contributed by atoms with Crippen LogP contribution in [0.25, 0.3) is 16.7 Å². The Labute approximate surface area is 179 Å². The minimum atomic E-state index is 0.289. The van der Waals surface area contributed by atoms with E-state index < -0.39 is 0 Å². The van der Waals surface area contributed by atoms with Crippen molar-refractivity contribution in [3.63, 3.8) is 0 Å². The zero-order valence-electron chi connectivity index (χ0n) is 18.3. The van der Waals surface area contributed by atoms with Gasteiger partial charge in [0.1, 0.15) is 0 Å². The fourth-order valence-electron chi connectivity index (χ4n) is 4.71. The van der Waals surface area contributed by atoms with Crippen LogP contribution in [0.3, 0.4) is 0 Å². The minimum Gasteiger partial charge on any atom is -0.398 e. The summed E-state index contributed by atoms with van der Waals surface area (Å²) in [6, 6.07) is 19.2. The van der Waals surface area contributed by atoms with Crippen molar-refractivity contribution >= 4 is 11.3 Å². The molecule has 1 aliphatic rings. The highest BCUT2D eigenvalue weighted by Gasteiger charge is 2.21. The number of benzene rings is 3. The molecule has 2 nitrogen and oxygen atoms in total. The number of aryl methyl sites for hydroxylation is 3. The van der Waals surface area contributed by atoms with E-state index in [1.807, 2.05) is 12.1 Å². The fourth-order valence-corrected chi connectivity index (χ4v) is 4.71. The second-order valence-corrected chi connectivity index (χ2v) is 8.46. The van der Waals surface area contributed by atoms with Crippen molar-refractivity contribution in [2.75, 3.05) is 5.73 Å². The number of rotatable bonds is 3. The van der Waals surface area contributed by atoms with E-state index in [4.69, 9.17) is 11.5 Å². The number of anilines is 1. The van der Waals surface area contributed by atoms with Crippen molar-refractivity contribution < 1.29 is 0 Å². The zero-order chi connectivity index (χ0) is 21.4. The summed E-state index contributed by atoms with van der Waals surface area (Å²) < 4.78 is 0. The molecule has 0 saturated carbocycles. The predicted molar refractivity (Wildman–Crippen MR) is 129 cm³/mol. The SMILES string of the molecule is Cc1ccc(C2=CC(c3ccc(C)c(-c4ccccc4N)c3C)CC=C2N)c(C)c1. The standard InChI is InChI=1S/C28H30N2/c1-17-9-12-22(19(3)15-17)25-16-21(11-14-27(25)30)23-13-10-18(2)28(20(23)4)24-7-5-6-8-26(24)29/h5-10,12-16,21H,11,29-30H2,1-4H3. The van der Waals surface area contributed by atoms with Gasteiger partial charge >= 0.3 is 0 Å². The van der Waals surface area contributed by atoms with Gasteiger partial charge in [-0.1, -0.05) is 66.2 Å². The highest BCUT2D eigenvalue weighted by molar-refractivity contribution is 5.84. The molecule has 3 aromatic rings. The quantitative estimate of drug-likeness (QED) is 0.493. The number of allylic oxidation sites excluding steroid dienone is 3. The molecule has 0 heterocycles. The van der Waals surface area contributed by atoms with Crippen LogP contribution in [0, 0.1) is 27.7 Å². The van der Waals surface area contributed by atoms with Gasteiger partial charge in [-0.2, -0.15) is 0 Å². The van der Waals surface area contributed by atoms with E-state index in [1.54, 1.807) is 0 Å². The summed E-state index contributed by atoms with van der Waals surface area (Å²) in [5.74, 6) is 0.289. The topological polar surface area (TPSA) is 52.0 Å². The first-order chi connectivity index (χ1) is 14.4. The summed E-state index contributed by atoms with van der Waals surface area (Å²) in [6.45, 7) is 8.67. The first-order valence-electron chi connectivity index (χ1n) is 10.6. The summed E-state index contributed by atoms with van der Waals surface area (Å²) in [4.78, 5) is 0. The van der Waals surface area contributed by atoms with Crippen LogP contribution in [-0.4, -0.2) is 0 Å². The normalized spacial score (nSPS) is 16.2. The maximum atomic E-state index is 6.44. The molecule has 0 aliphatic heterocycles. The molecule has 0 aromatic heterocycles. The summed E-state index contributed by atoms with van der Waals surface area (Å²) >= 11 is 0. The van der Waals surface area contributed by atoms with E-state index in [-0.39, 0.29) is 5.92 Å². The summed E-state index contributed by atoms with van der Waals surface area (Å²) in [6.07, 6.45) is 5.44. The van der Waals surface area contributed by atoms with E-state index >= 15 is 0 Å². The molecular formula is C28H30N2. The highest BCUT2D eigenvalue weighted by atomic mass is 14.6. The van der Waals surface area contributed by atoms with Crippen LogP contribution in [0.1, 0.15) is 45.7 Å². The molecule has 1 atom stereocenters. The lowest BCUT2D eigenvalue weighted by Gasteiger charge is -2.25. The molecule has 0 saturated heterocycles. The maximum absolute atomic E-state index is 6.44. The van der Waals surface area contributed by atoms with Crippen LogP contribution >= 0.6 is 0 Å². The smallest absolute Gasteiger partial charge is 0.0393 e. The van der Waals surface area contributed by atoms with Gasteiger partial charge in [-0.15, -0.1) is 0 Å². The number of para-hydroxylation sites is 1. The largest absolute Gasteiger partial charge is 0.398 e. The van der Waals surface area contributed by atoms with Crippen LogP contribution in [0.4, 0.5) is 5.69 Å². The molecule has 1 unspecified atom stereocenters. The van der Waals surface area contributed by atoms with Gasteiger partial charge in [0.2, 0.25) is 0 Å². The monoisotopic (exact) mass is 394 g/mol.